The average molecular weight is 730 g/mol. The van der Waals surface area contributed by atoms with E-state index in [1.54, 1.807) is 12.2 Å². The lowest BCUT2D eigenvalue weighted by Gasteiger charge is -2.60. The minimum absolute atomic E-state index is 0.164. The van der Waals surface area contributed by atoms with Crippen LogP contribution in [0.2, 0.25) is 0 Å². The molecular formula is C35H38F3N5O9. The lowest BCUT2D eigenvalue weighted by molar-refractivity contribution is -0.174. The molecule has 4 heterocycles. The molecule has 4 aliphatic rings. The molecule has 278 valence electrons. The van der Waals surface area contributed by atoms with Crippen LogP contribution in [0.1, 0.15) is 66.2 Å². The first-order chi connectivity index (χ1) is 24.5. The van der Waals surface area contributed by atoms with Crippen LogP contribution in [0.3, 0.4) is 0 Å². The van der Waals surface area contributed by atoms with Crippen molar-refractivity contribution in [2.75, 3.05) is 27.5 Å². The molecule has 1 fully saturated rings. The van der Waals surface area contributed by atoms with Crippen LogP contribution in [0.4, 0.5) is 13.2 Å². The van der Waals surface area contributed by atoms with Crippen molar-refractivity contribution >= 4 is 23.8 Å². The van der Waals surface area contributed by atoms with E-state index in [9.17, 15) is 37.6 Å². The summed E-state index contributed by atoms with van der Waals surface area (Å²) in [6.45, 7) is 6.78. The summed E-state index contributed by atoms with van der Waals surface area (Å²) < 4.78 is 68.2. The first-order valence-corrected chi connectivity index (χ1v) is 16.6. The number of nitrogens with zero attached hydrogens (tertiary/aromatic N) is 3. The number of rotatable bonds is 7. The molecule has 14 nitrogen and oxygen atoms in total. The van der Waals surface area contributed by atoms with Gasteiger partial charge >= 0.3 is 24.0 Å². The number of nitrogens with one attached hydrogen (secondary N) is 2. The Bertz CT molecular complexity index is 1910. The van der Waals surface area contributed by atoms with Crippen molar-refractivity contribution in [3.8, 4) is 34.8 Å². The van der Waals surface area contributed by atoms with Gasteiger partial charge in [-0.25, -0.2) is 0 Å². The number of hydrogen-bond acceptors (Lipinski definition) is 12. The van der Waals surface area contributed by atoms with Crippen LogP contribution in [-0.4, -0.2) is 91.4 Å². The molecule has 52 heavy (non-hydrogen) atoms. The van der Waals surface area contributed by atoms with E-state index in [0.717, 1.165) is 18.1 Å². The van der Waals surface area contributed by atoms with E-state index in [2.05, 4.69) is 16.3 Å². The lowest BCUT2D eigenvalue weighted by Crippen LogP contribution is -2.69. The molecule has 0 aliphatic carbocycles. The van der Waals surface area contributed by atoms with Gasteiger partial charge in [-0.2, -0.15) is 18.4 Å². The Morgan fingerprint density at radius 1 is 1.02 bits per heavy atom. The molecule has 2 amide bonds. The second-order valence-corrected chi connectivity index (χ2v) is 13.4. The van der Waals surface area contributed by atoms with E-state index in [-0.39, 0.29) is 31.3 Å². The highest BCUT2D eigenvalue weighted by Gasteiger charge is 2.57. The van der Waals surface area contributed by atoms with Gasteiger partial charge in [-0.05, 0) is 51.8 Å². The van der Waals surface area contributed by atoms with Gasteiger partial charge < -0.3 is 34.3 Å². The molecule has 6 atom stereocenters. The third-order valence-electron chi connectivity index (χ3n) is 10.2. The molecule has 0 spiro atoms. The van der Waals surface area contributed by atoms with E-state index in [1.807, 2.05) is 24.9 Å². The molecule has 0 radical (unpaired) electrons. The number of halogens is 3. The zero-order valence-corrected chi connectivity index (χ0v) is 29.5. The van der Waals surface area contributed by atoms with Gasteiger partial charge in [0.1, 0.15) is 17.8 Å². The van der Waals surface area contributed by atoms with Crippen LogP contribution in [0.5, 0.6) is 28.7 Å². The van der Waals surface area contributed by atoms with Gasteiger partial charge in [0, 0.05) is 54.7 Å². The van der Waals surface area contributed by atoms with E-state index in [1.165, 1.54) is 21.0 Å². The highest BCUT2D eigenvalue weighted by Crippen LogP contribution is 2.58. The average Bonchev–Trinajstić information content (AvgIpc) is 3.55. The molecule has 2 aromatic carbocycles. The van der Waals surface area contributed by atoms with Crippen molar-refractivity contribution in [2.24, 2.45) is 0 Å². The topological polar surface area (TPSA) is 169 Å². The van der Waals surface area contributed by atoms with Gasteiger partial charge in [-0.1, -0.05) is 6.07 Å². The smallest absolute Gasteiger partial charge is 0.471 e. The summed E-state index contributed by atoms with van der Waals surface area (Å²) in [6, 6.07) is -0.406. The van der Waals surface area contributed by atoms with Crippen molar-refractivity contribution in [3.63, 3.8) is 0 Å². The molecule has 2 aromatic rings. The standard InChI is InChI=1S/C35H38F3N5O9/c1-14-8-19-9-21-23(11-39)43-22(27(42(21)6)25(19)32(28(14)48-7)52-18(5)45)10-20-26(31-30(49-13-50-31)15(2)29(20)51-17(4)44)24(43)12-40-33(46)16(3)41-34(47)35(36,37)38/h8,16,21-24,27H,9-10,12-13H2,1-7H3,(H,40,46)(H,41,47)/t16-,21-,22?,23+,24+,27+/m1/s1. The van der Waals surface area contributed by atoms with Crippen LogP contribution in [0, 0.1) is 25.2 Å². The summed E-state index contributed by atoms with van der Waals surface area (Å²) in [5, 5.41) is 15.2. The number of benzene rings is 2. The Hall–Kier alpha value is -5.08. The summed E-state index contributed by atoms with van der Waals surface area (Å²) in [7, 11) is 3.35. The fraction of sp³-hybridized carbons (Fsp3) is 0.514. The second-order valence-electron chi connectivity index (χ2n) is 13.4. The fourth-order valence-corrected chi connectivity index (χ4v) is 8.23. The quantitative estimate of drug-likeness (QED) is 0.316. The minimum atomic E-state index is -5.20. The Labute approximate surface area is 297 Å². The van der Waals surface area contributed by atoms with Gasteiger partial charge in [0.2, 0.25) is 12.7 Å². The SMILES string of the molecule is COc1c(C)cc2c(c1OC(C)=O)[C@@H]1C3Cc4c(OC(C)=O)c(C)c5c(c4[C@H](CNC(=O)[C@@H](C)NC(=O)C(F)(F)F)N3[C@@H](C#N)[C@@H](C2)N1C)OCO5. The van der Waals surface area contributed by atoms with Crippen LogP contribution < -0.4 is 34.3 Å². The lowest BCUT2D eigenvalue weighted by atomic mass is 9.71. The van der Waals surface area contributed by atoms with Crippen molar-refractivity contribution in [1.82, 2.24) is 20.4 Å². The van der Waals surface area contributed by atoms with Crippen LogP contribution in [0.15, 0.2) is 6.07 Å². The monoisotopic (exact) mass is 729 g/mol. The summed E-state index contributed by atoms with van der Waals surface area (Å²) in [6.07, 6.45) is -4.64. The van der Waals surface area contributed by atoms with Gasteiger partial charge in [-0.15, -0.1) is 0 Å². The van der Waals surface area contributed by atoms with E-state index >= 15 is 0 Å². The number of alkyl halides is 3. The molecule has 1 saturated heterocycles. The number of nitriles is 1. The maximum Gasteiger partial charge on any atom is 0.471 e. The zero-order valence-electron chi connectivity index (χ0n) is 29.5. The number of carbonyl (C=O) groups is 4. The Morgan fingerprint density at radius 3 is 2.29 bits per heavy atom. The molecule has 2 N–H and O–H groups in total. The first-order valence-electron chi connectivity index (χ1n) is 16.6. The first kappa shape index (κ1) is 36.7. The largest absolute Gasteiger partial charge is 0.493 e. The van der Waals surface area contributed by atoms with Gasteiger partial charge in [0.05, 0.1) is 25.3 Å². The van der Waals surface area contributed by atoms with Crippen LogP contribution in [0.25, 0.3) is 0 Å². The fourth-order valence-electron chi connectivity index (χ4n) is 8.23. The highest BCUT2D eigenvalue weighted by molar-refractivity contribution is 5.89. The predicted octanol–water partition coefficient (Wildman–Crippen LogP) is 2.85. The molecule has 6 rings (SSSR count). The summed E-state index contributed by atoms with van der Waals surface area (Å²) in [5.41, 5.74) is 3.76. The van der Waals surface area contributed by atoms with E-state index < -0.39 is 66.2 Å². The summed E-state index contributed by atoms with van der Waals surface area (Å²) >= 11 is 0. The molecule has 17 heteroatoms. The Kier molecular flexibility index (Phi) is 9.51. The third-order valence-corrected chi connectivity index (χ3v) is 10.2. The zero-order chi connectivity index (χ0) is 38.0. The third kappa shape index (κ3) is 6.03. The molecule has 4 aliphatic heterocycles. The summed E-state index contributed by atoms with van der Waals surface area (Å²) in [5.74, 6) is -2.92. The van der Waals surface area contributed by atoms with Crippen molar-refractivity contribution in [1.29, 1.82) is 5.26 Å². The van der Waals surface area contributed by atoms with Crippen LogP contribution >= 0.6 is 0 Å². The number of methoxy groups -OCH3 is 1. The van der Waals surface area contributed by atoms with E-state index in [4.69, 9.17) is 23.7 Å². The number of esters is 2. The number of aryl methyl sites for hydroxylation is 1. The van der Waals surface area contributed by atoms with Crippen molar-refractivity contribution in [2.45, 2.75) is 89.9 Å². The van der Waals surface area contributed by atoms with Crippen LogP contribution in [-0.2, 0) is 32.0 Å². The number of piperazine rings is 1. The number of carbonyl (C=O) groups excluding carboxylic acids is 4. The second kappa shape index (κ2) is 13.5. The number of amides is 2. The Balaban J connectivity index is 1.55. The number of likely N-dealkylation sites (N-methyl/N-ethyl adjacent to an activating group) is 1. The molecule has 0 saturated carbocycles. The molecule has 2 bridgehead atoms. The maximum absolute atomic E-state index is 13.3. The summed E-state index contributed by atoms with van der Waals surface area (Å²) in [4.78, 5) is 53.9. The van der Waals surface area contributed by atoms with E-state index in [0.29, 0.717) is 45.9 Å². The van der Waals surface area contributed by atoms with Gasteiger partial charge in [0.25, 0.3) is 0 Å². The molecular weight excluding hydrogens is 691 g/mol. The Morgan fingerprint density at radius 2 is 1.67 bits per heavy atom. The van der Waals surface area contributed by atoms with Crippen molar-refractivity contribution < 1.29 is 56.0 Å². The number of fused-ring (bicyclic) bond motifs is 9. The highest BCUT2D eigenvalue weighted by atomic mass is 19.4. The van der Waals surface area contributed by atoms with Crippen molar-refractivity contribution in [3.05, 3.63) is 39.4 Å². The van der Waals surface area contributed by atoms with Gasteiger partial charge in [-0.3, -0.25) is 29.0 Å². The molecule has 1 unspecified atom stereocenters. The maximum atomic E-state index is 13.3. The molecule has 0 aromatic heterocycles. The normalized spacial score (nSPS) is 23.6. The number of ether oxygens (including phenoxy) is 5. The number of hydrogen-bond donors (Lipinski definition) is 2. The minimum Gasteiger partial charge on any atom is -0.493 e. The van der Waals surface area contributed by atoms with Gasteiger partial charge in [0.15, 0.2) is 23.0 Å². The predicted molar refractivity (Wildman–Crippen MR) is 174 cm³/mol.